The number of nitrogens with one attached hydrogen (secondary N) is 1. The van der Waals surface area contributed by atoms with Crippen LogP contribution >= 0.6 is 11.6 Å². The minimum atomic E-state index is -0.163. The highest BCUT2D eigenvalue weighted by molar-refractivity contribution is 6.30. The molecule has 0 radical (unpaired) electrons. The van der Waals surface area contributed by atoms with E-state index in [1.165, 1.54) is 25.3 Å². The van der Waals surface area contributed by atoms with E-state index < -0.39 is 0 Å². The van der Waals surface area contributed by atoms with Gasteiger partial charge in [-0.1, -0.05) is 31.0 Å². The molecular formula is C15H21ClFN. The molecule has 1 nitrogen and oxygen atoms in total. The lowest BCUT2D eigenvalue weighted by Crippen LogP contribution is -2.42. The van der Waals surface area contributed by atoms with Crippen LogP contribution in [0.25, 0.3) is 0 Å². The normalized spacial score (nSPS) is 17.5. The Labute approximate surface area is 114 Å². The fourth-order valence-corrected chi connectivity index (χ4v) is 2.85. The summed E-state index contributed by atoms with van der Waals surface area (Å²) in [6, 6.07) is 5.03. The van der Waals surface area contributed by atoms with E-state index >= 15 is 0 Å². The summed E-state index contributed by atoms with van der Waals surface area (Å²) < 4.78 is 13.8. The molecule has 3 heteroatoms. The summed E-state index contributed by atoms with van der Waals surface area (Å²) in [5.41, 5.74) is 1.07. The molecule has 1 aromatic carbocycles. The second-order valence-electron chi connectivity index (χ2n) is 5.44. The highest BCUT2D eigenvalue weighted by Crippen LogP contribution is 2.43. The van der Waals surface area contributed by atoms with Crippen molar-refractivity contribution >= 4 is 11.6 Å². The van der Waals surface area contributed by atoms with Gasteiger partial charge in [-0.05, 0) is 55.3 Å². The summed E-state index contributed by atoms with van der Waals surface area (Å²) in [4.78, 5) is 0. The summed E-state index contributed by atoms with van der Waals surface area (Å²) in [5, 5.41) is 3.96. The van der Waals surface area contributed by atoms with Gasteiger partial charge in [0.05, 0.1) is 0 Å². The fraction of sp³-hybridized carbons (Fsp3) is 0.600. The van der Waals surface area contributed by atoms with Crippen molar-refractivity contribution in [3.63, 3.8) is 0 Å². The minimum Gasteiger partial charge on any atom is -0.316 e. The van der Waals surface area contributed by atoms with Gasteiger partial charge in [-0.3, -0.25) is 0 Å². The van der Waals surface area contributed by atoms with Gasteiger partial charge in [-0.2, -0.15) is 0 Å². The van der Waals surface area contributed by atoms with E-state index in [1.54, 1.807) is 6.07 Å². The lowest BCUT2D eigenvalue weighted by atomic mass is 9.65. The molecule has 0 bridgehead atoms. The van der Waals surface area contributed by atoms with Gasteiger partial charge in [0, 0.05) is 11.6 Å². The highest BCUT2D eigenvalue weighted by atomic mass is 35.5. The average molecular weight is 270 g/mol. The topological polar surface area (TPSA) is 12.0 Å². The Bertz CT molecular complexity index is 401. The number of benzene rings is 1. The average Bonchev–Trinajstić information content (AvgIpc) is 2.29. The molecule has 1 saturated carbocycles. The molecule has 1 N–H and O–H groups in total. The first kappa shape index (κ1) is 13.8. The first-order valence-electron chi connectivity index (χ1n) is 6.80. The Balaban J connectivity index is 2.01. The van der Waals surface area contributed by atoms with Crippen LogP contribution in [0.2, 0.25) is 5.02 Å². The van der Waals surface area contributed by atoms with Crippen LogP contribution in [0.15, 0.2) is 18.2 Å². The largest absolute Gasteiger partial charge is 0.316 e. The molecule has 18 heavy (non-hydrogen) atoms. The lowest BCUT2D eigenvalue weighted by Gasteiger charge is -2.42. The van der Waals surface area contributed by atoms with Crippen LogP contribution < -0.4 is 5.32 Å². The Morgan fingerprint density at radius 2 is 2.17 bits per heavy atom. The third-order valence-electron chi connectivity index (χ3n) is 3.92. The predicted molar refractivity (Wildman–Crippen MR) is 74.6 cm³/mol. The van der Waals surface area contributed by atoms with E-state index in [0.717, 1.165) is 31.5 Å². The Morgan fingerprint density at radius 3 is 2.72 bits per heavy atom. The molecule has 1 aliphatic rings. The molecule has 0 atom stereocenters. The van der Waals surface area contributed by atoms with Gasteiger partial charge in [-0.15, -0.1) is 0 Å². The monoisotopic (exact) mass is 269 g/mol. The maximum Gasteiger partial charge on any atom is 0.127 e. The van der Waals surface area contributed by atoms with Crippen molar-refractivity contribution in [3.8, 4) is 0 Å². The molecule has 1 fully saturated rings. The van der Waals surface area contributed by atoms with E-state index in [2.05, 4.69) is 12.2 Å². The van der Waals surface area contributed by atoms with Gasteiger partial charge in [0.15, 0.2) is 0 Å². The van der Waals surface area contributed by atoms with E-state index in [0.29, 0.717) is 5.02 Å². The lowest BCUT2D eigenvalue weighted by molar-refractivity contribution is 0.129. The molecular weight excluding hydrogens is 249 g/mol. The van der Waals surface area contributed by atoms with Crippen LogP contribution in [0, 0.1) is 11.2 Å². The third-order valence-corrected chi connectivity index (χ3v) is 4.16. The van der Waals surface area contributed by atoms with E-state index in [9.17, 15) is 4.39 Å². The first-order chi connectivity index (χ1) is 8.65. The van der Waals surface area contributed by atoms with Crippen LogP contribution in [-0.4, -0.2) is 13.1 Å². The van der Waals surface area contributed by atoms with Crippen LogP contribution in [0.1, 0.15) is 38.2 Å². The smallest absolute Gasteiger partial charge is 0.127 e. The van der Waals surface area contributed by atoms with Gasteiger partial charge in [0.25, 0.3) is 0 Å². The van der Waals surface area contributed by atoms with Crippen molar-refractivity contribution < 1.29 is 4.39 Å². The SMILES string of the molecule is CCCNCC1(Cc2ccc(Cl)cc2F)CCC1. The molecule has 0 saturated heterocycles. The molecule has 0 heterocycles. The van der Waals surface area contributed by atoms with Crippen LogP contribution in [0.4, 0.5) is 4.39 Å². The van der Waals surface area contributed by atoms with Gasteiger partial charge < -0.3 is 5.32 Å². The second kappa shape index (κ2) is 6.03. The van der Waals surface area contributed by atoms with E-state index in [1.807, 2.05) is 6.07 Å². The molecule has 1 aliphatic carbocycles. The standard InChI is InChI=1S/C15H21ClFN/c1-2-8-18-11-15(6-3-7-15)10-12-4-5-13(16)9-14(12)17/h4-5,9,18H,2-3,6-8,10-11H2,1H3. The zero-order valence-electron chi connectivity index (χ0n) is 10.9. The maximum atomic E-state index is 13.8. The Hall–Kier alpha value is -0.600. The van der Waals surface area contributed by atoms with Crippen molar-refractivity contribution in [2.45, 2.75) is 39.0 Å². The molecule has 2 rings (SSSR count). The predicted octanol–water partition coefficient (Wildman–Crippen LogP) is 4.19. The highest BCUT2D eigenvalue weighted by Gasteiger charge is 2.37. The van der Waals surface area contributed by atoms with Gasteiger partial charge in [-0.25, -0.2) is 4.39 Å². The van der Waals surface area contributed by atoms with Crippen LogP contribution in [0.5, 0.6) is 0 Å². The number of halogens is 2. The molecule has 100 valence electrons. The van der Waals surface area contributed by atoms with Crippen molar-refractivity contribution in [2.24, 2.45) is 5.41 Å². The van der Waals surface area contributed by atoms with Crippen molar-refractivity contribution in [1.29, 1.82) is 0 Å². The van der Waals surface area contributed by atoms with Crippen molar-refractivity contribution in [3.05, 3.63) is 34.6 Å². The first-order valence-corrected chi connectivity index (χ1v) is 7.18. The van der Waals surface area contributed by atoms with E-state index in [-0.39, 0.29) is 11.2 Å². The summed E-state index contributed by atoms with van der Waals surface area (Å²) >= 11 is 5.79. The summed E-state index contributed by atoms with van der Waals surface area (Å²) in [6.07, 6.45) is 5.64. The molecule has 1 aromatic rings. The number of hydrogen-bond acceptors (Lipinski definition) is 1. The van der Waals surface area contributed by atoms with Crippen LogP contribution in [-0.2, 0) is 6.42 Å². The molecule has 0 amide bonds. The molecule has 0 aliphatic heterocycles. The zero-order valence-corrected chi connectivity index (χ0v) is 11.7. The molecule has 0 unspecified atom stereocenters. The summed E-state index contributed by atoms with van der Waals surface area (Å²) in [6.45, 7) is 4.22. The van der Waals surface area contributed by atoms with Crippen molar-refractivity contribution in [2.75, 3.05) is 13.1 Å². The molecule has 0 aromatic heterocycles. The van der Waals surface area contributed by atoms with Gasteiger partial charge in [0.2, 0.25) is 0 Å². The fourth-order valence-electron chi connectivity index (χ4n) is 2.69. The summed E-state index contributed by atoms with van der Waals surface area (Å²) in [5.74, 6) is -0.163. The summed E-state index contributed by atoms with van der Waals surface area (Å²) in [7, 11) is 0. The zero-order chi connectivity index (χ0) is 13.0. The maximum absolute atomic E-state index is 13.8. The second-order valence-corrected chi connectivity index (χ2v) is 5.88. The quantitative estimate of drug-likeness (QED) is 0.764. The minimum absolute atomic E-state index is 0.163. The molecule has 0 spiro atoms. The van der Waals surface area contributed by atoms with E-state index in [4.69, 9.17) is 11.6 Å². The van der Waals surface area contributed by atoms with Crippen LogP contribution in [0.3, 0.4) is 0 Å². The van der Waals surface area contributed by atoms with Gasteiger partial charge in [0.1, 0.15) is 5.82 Å². The number of rotatable bonds is 6. The third kappa shape index (κ3) is 3.24. The Kier molecular flexibility index (Phi) is 4.63. The van der Waals surface area contributed by atoms with Gasteiger partial charge >= 0.3 is 0 Å². The number of hydrogen-bond donors (Lipinski definition) is 1. The van der Waals surface area contributed by atoms with Crippen molar-refractivity contribution in [1.82, 2.24) is 5.32 Å². The Morgan fingerprint density at radius 1 is 1.39 bits per heavy atom.